The number of rotatable bonds is 1. The topological polar surface area (TPSA) is 121 Å². The third-order valence-corrected chi connectivity index (χ3v) is 10.7. The molecule has 186 valence electrons. The van der Waals surface area contributed by atoms with Crippen LogP contribution in [-0.2, 0) is 19.3 Å². The number of allylic oxidation sites excluding steroid dienone is 3. The van der Waals surface area contributed by atoms with E-state index in [0.29, 0.717) is 32.1 Å². The summed E-state index contributed by atoms with van der Waals surface area (Å²) in [5.74, 6) is -2.69. The highest BCUT2D eigenvalue weighted by atomic mass is 17.1. The lowest BCUT2D eigenvalue weighted by Crippen LogP contribution is -2.61. The molecule has 3 fully saturated rings. The SMILES string of the molecule is CC1(C)CCC2(C(=O)OO)CCC3C(C(=O)C=C4C5(C)C=C(O)C(=O)C(O)C5CCC43C)C2C1. The van der Waals surface area contributed by atoms with E-state index in [1.54, 1.807) is 12.2 Å². The van der Waals surface area contributed by atoms with Crippen LogP contribution in [0.25, 0.3) is 0 Å². The second kappa shape index (κ2) is 7.26. The number of aliphatic hydroxyl groups is 2. The fraction of sp³-hybridized carbons (Fsp3) is 0.741. The summed E-state index contributed by atoms with van der Waals surface area (Å²) in [6.07, 6.45) is 6.65. The number of carbonyl (C=O) groups excluding carboxylic acids is 3. The standard InChI is InChI=1S/C27H36O7/c1-24(2)9-10-27(23(32)34-33)8-6-14-20(16(27)12-24)17(28)11-19-25(14,3)7-5-15-21(30)22(31)18(29)13-26(15,19)4/h11,13-16,20-21,29-30,33H,5-10,12H2,1-4H3. The molecule has 5 aliphatic carbocycles. The quantitative estimate of drug-likeness (QED) is 0.387. The number of carbonyl (C=O) groups is 3. The maximum atomic E-state index is 13.9. The fourth-order valence-electron chi connectivity index (χ4n) is 8.86. The minimum absolute atomic E-state index is 0.00149. The Morgan fingerprint density at radius 3 is 2.35 bits per heavy atom. The van der Waals surface area contributed by atoms with Gasteiger partial charge in [-0.15, -0.1) is 0 Å². The average molecular weight is 473 g/mol. The van der Waals surface area contributed by atoms with Gasteiger partial charge < -0.3 is 15.1 Å². The molecule has 0 radical (unpaired) electrons. The predicted octanol–water partition coefficient (Wildman–Crippen LogP) is 4.16. The first-order valence-electron chi connectivity index (χ1n) is 12.6. The maximum absolute atomic E-state index is 13.9. The summed E-state index contributed by atoms with van der Waals surface area (Å²) in [5.41, 5.74) is -1.15. The molecule has 0 heterocycles. The van der Waals surface area contributed by atoms with Gasteiger partial charge in [0.05, 0.1) is 5.41 Å². The van der Waals surface area contributed by atoms with Crippen molar-refractivity contribution in [3.63, 3.8) is 0 Å². The van der Waals surface area contributed by atoms with Gasteiger partial charge in [0.2, 0.25) is 5.78 Å². The minimum Gasteiger partial charge on any atom is -0.505 e. The van der Waals surface area contributed by atoms with Gasteiger partial charge >= 0.3 is 5.97 Å². The molecule has 5 rings (SSSR count). The molecule has 0 bridgehead atoms. The number of ketones is 2. The normalized spacial score (nSPS) is 47.3. The van der Waals surface area contributed by atoms with Crippen LogP contribution in [0, 0.1) is 45.3 Å². The summed E-state index contributed by atoms with van der Waals surface area (Å²) in [6.45, 7) is 8.42. The fourth-order valence-corrected chi connectivity index (χ4v) is 8.86. The second-order valence-corrected chi connectivity index (χ2v) is 12.8. The van der Waals surface area contributed by atoms with Crippen molar-refractivity contribution in [2.45, 2.75) is 78.7 Å². The van der Waals surface area contributed by atoms with Crippen LogP contribution in [0.1, 0.15) is 72.6 Å². The zero-order chi connectivity index (χ0) is 24.8. The first-order valence-corrected chi connectivity index (χ1v) is 12.6. The van der Waals surface area contributed by atoms with Gasteiger partial charge in [-0.3, -0.25) is 9.59 Å². The number of Topliss-reactive ketones (excluding diaryl/α,β-unsaturated/α-hetero) is 1. The van der Waals surface area contributed by atoms with E-state index >= 15 is 0 Å². The monoisotopic (exact) mass is 472 g/mol. The smallest absolute Gasteiger partial charge is 0.348 e. The van der Waals surface area contributed by atoms with E-state index in [9.17, 15) is 29.9 Å². The van der Waals surface area contributed by atoms with Crippen molar-refractivity contribution in [3.05, 3.63) is 23.5 Å². The molecule has 0 amide bonds. The Bertz CT molecular complexity index is 1020. The van der Waals surface area contributed by atoms with Crippen molar-refractivity contribution >= 4 is 17.5 Å². The van der Waals surface area contributed by atoms with Gasteiger partial charge in [-0.1, -0.05) is 33.3 Å². The third kappa shape index (κ3) is 2.92. The van der Waals surface area contributed by atoms with Crippen molar-refractivity contribution in [1.82, 2.24) is 0 Å². The molecule has 7 heteroatoms. The van der Waals surface area contributed by atoms with Crippen LogP contribution in [0.15, 0.2) is 23.5 Å². The lowest BCUT2D eigenvalue weighted by molar-refractivity contribution is -0.257. The highest BCUT2D eigenvalue weighted by molar-refractivity contribution is 5.99. The zero-order valence-corrected chi connectivity index (χ0v) is 20.5. The van der Waals surface area contributed by atoms with E-state index in [-0.39, 0.29) is 40.3 Å². The first kappa shape index (κ1) is 23.7. The summed E-state index contributed by atoms with van der Waals surface area (Å²) in [7, 11) is 0. The van der Waals surface area contributed by atoms with E-state index in [1.165, 1.54) is 0 Å². The van der Waals surface area contributed by atoms with Gasteiger partial charge in [-0.05, 0) is 79.8 Å². The van der Waals surface area contributed by atoms with E-state index < -0.39 is 34.4 Å². The number of aliphatic hydroxyl groups excluding tert-OH is 2. The largest absolute Gasteiger partial charge is 0.505 e. The Morgan fingerprint density at radius 1 is 1.00 bits per heavy atom. The average Bonchev–Trinajstić information content (AvgIpc) is 2.77. The summed E-state index contributed by atoms with van der Waals surface area (Å²) < 4.78 is 0. The van der Waals surface area contributed by atoms with Gasteiger partial charge in [-0.25, -0.2) is 4.79 Å². The third-order valence-electron chi connectivity index (χ3n) is 10.7. The Hall–Kier alpha value is -1.99. The van der Waals surface area contributed by atoms with Crippen LogP contribution in [-0.4, -0.2) is 39.1 Å². The van der Waals surface area contributed by atoms with E-state index in [1.807, 2.05) is 6.92 Å². The molecule has 8 unspecified atom stereocenters. The van der Waals surface area contributed by atoms with Gasteiger partial charge in [-0.2, -0.15) is 5.26 Å². The molecule has 0 aromatic heterocycles. The molecule has 0 aliphatic heterocycles. The maximum Gasteiger partial charge on any atom is 0.348 e. The zero-order valence-electron chi connectivity index (χ0n) is 20.5. The van der Waals surface area contributed by atoms with E-state index in [4.69, 9.17) is 0 Å². The summed E-state index contributed by atoms with van der Waals surface area (Å²) >= 11 is 0. The number of fused-ring (bicyclic) bond motifs is 7. The Labute approximate surface area is 200 Å². The van der Waals surface area contributed by atoms with Crippen LogP contribution in [0.3, 0.4) is 0 Å². The van der Waals surface area contributed by atoms with E-state index in [2.05, 4.69) is 25.7 Å². The molecular weight excluding hydrogens is 436 g/mol. The van der Waals surface area contributed by atoms with Gasteiger partial charge in [0.25, 0.3) is 0 Å². The molecule has 34 heavy (non-hydrogen) atoms. The van der Waals surface area contributed by atoms with Crippen LogP contribution in [0.4, 0.5) is 0 Å². The summed E-state index contributed by atoms with van der Waals surface area (Å²) in [4.78, 5) is 43.4. The molecule has 3 saturated carbocycles. The molecule has 5 aliphatic rings. The van der Waals surface area contributed by atoms with Crippen molar-refractivity contribution in [2.24, 2.45) is 45.3 Å². The lowest BCUT2D eigenvalue weighted by Gasteiger charge is -2.63. The molecule has 0 saturated heterocycles. The second-order valence-electron chi connectivity index (χ2n) is 12.8. The van der Waals surface area contributed by atoms with Crippen molar-refractivity contribution in [3.8, 4) is 0 Å². The van der Waals surface area contributed by atoms with Crippen LogP contribution in [0.5, 0.6) is 0 Å². The Morgan fingerprint density at radius 2 is 1.68 bits per heavy atom. The molecule has 7 nitrogen and oxygen atoms in total. The molecule has 0 aromatic rings. The van der Waals surface area contributed by atoms with Gasteiger partial charge in [0.15, 0.2) is 11.5 Å². The summed E-state index contributed by atoms with van der Waals surface area (Å²) in [5, 5.41) is 30.4. The van der Waals surface area contributed by atoms with E-state index in [0.717, 1.165) is 18.4 Å². The van der Waals surface area contributed by atoms with Crippen molar-refractivity contribution < 1.29 is 34.7 Å². The minimum atomic E-state index is -1.29. The molecular formula is C27H36O7. The molecule has 3 N–H and O–H groups in total. The number of hydrogen-bond donors (Lipinski definition) is 3. The Balaban J connectivity index is 1.63. The van der Waals surface area contributed by atoms with Crippen LogP contribution >= 0.6 is 0 Å². The van der Waals surface area contributed by atoms with Gasteiger partial charge in [0, 0.05) is 17.3 Å². The molecule has 0 spiro atoms. The predicted molar refractivity (Wildman–Crippen MR) is 122 cm³/mol. The number of hydrogen-bond acceptors (Lipinski definition) is 7. The van der Waals surface area contributed by atoms with Crippen LogP contribution < -0.4 is 0 Å². The highest BCUT2D eigenvalue weighted by Crippen LogP contribution is 2.69. The van der Waals surface area contributed by atoms with Gasteiger partial charge in [0.1, 0.15) is 6.10 Å². The molecule has 8 atom stereocenters. The Kier molecular flexibility index (Phi) is 5.07. The van der Waals surface area contributed by atoms with Crippen LogP contribution in [0.2, 0.25) is 0 Å². The summed E-state index contributed by atoms with van der Waals surface area (Å²) in [6, 6.07) is 0. The lowest BCUT2D eigenvalue weighted by atomic mass is 9.40. The highest BCUT2D eigenvalue weighted by Gasteiger charge is 2.66. The van der Waals surface area contributed by atoms with Crippen molar-refractivity contribution in [1.29, 1.82) is 0 Å². The molecule has 0 aromatic carbocycles. The van der Waals surface area contributed by atoms with Crippen molar-refractivity contribution in [2.75, 3.05) is 0 Å². The first-order chi connectivity index (χ1) is 15.8.